The van der Waals surface area contributed by atoms with Crippen LogP contribution in [0.4, 0.5) is 0 Å². The van der Waals surface area contributed by atoms with E-state index in [1.807, 2.05) is 109 Å². The average Bonchev–Trinajstić information content (AvgIpc) is 2.96. The van der Waals surface area contributed by atoms with Crippen LogP contribution in [-0.2, 0) is 35.6 Å². The Morgan fingerprint density at radius 1 is 0.474 bits per heavy atom. The summed E-state index contributed by atoms with van der Waals surface area (Å²) in [4.78, 5) is 25.5. The standard InChI is InChI=1S/C32H30N2O4/c35-31-29(19-23-11-15-27(16-12-23)37-21-25-7-3-1-4-8-25)33-32(36)30(34-31)20-24-13-17-28(18-14-24)38-22-26-9-5-2-6-10-26/h1-18,29-30H,19-22H2,(H,33,36)(H,34,35)/t29-,30-/m1/s1. The van der Waals surface area contributed by atoms with E-state index in [0.717, 1.165) is 33.8 Å². The first-order valence-electron chi connectivity index (χ1n) is 12.7. The molecule has 192 valence electrons. The molecule has 4 aromatic rings. The average molecular weight is 507 g/mol. The van der Waals surface area contributed by atoms with Crippen molar-refractivity contribution in [1.82, 2.24) is 10.6 Å². The van der Waals surface area contributed by atoms with E-state index in [4.69, 9.17) is 9.47 Å². The van der Waals surface area contributed by atoms with Gasteiger partial charge in [0.1, 0.15) is 36.8 Å². The molecular weight excluding hydrogens is 476 g/mol. The zero-order chi connectivity index (χ0) is 26.2. The van der Waals surface area contributed by atoms with Crippen molar-refractivity contribution in [3.8, 4) is 11.5 Å². The number of piperazine rings is 1. The van der Waals surface area contributed by atoms with Gasteiger partial charge in [-0.2, -0.15) is 0 Å². The minimum Gasteiger partial charge on any atom is -0.489 e. The van der Waals surface area contributed by atoms with Crippen LogP contribution in [0, 0.1) is 0 Å². The van der Waals surface area contributed by atoms with Gasteiger partial charge in [-0.05, 0) is 46.5 Å². The highest BCUT2D eigenvalue weighted by atomic mass is 16.5. The second kappa shape index (κ2) is 12.1. The van der Waals surface area contributed by atoms with Crippen molar-refractivity contribution in [2.45, 2.75) is 38.1 Å². The Morgan fingerprint density at radius 2 is 0.842 bits per heavy atom. The lowest BCUT2D eigenvalue weighted by molar-refractivity contribution is -0.136. The maximum atomic E-state index is 12.8. The van der Waals surface area contributed by atoms with Gasteiger partial charge in [0.15, 0.2) is 0 Å². The van der Waals surface area contributed by atoms with Crippen molar-refractivity contribution in [1.29, 1.82) is 0 Å². The van der Waals surface area contributed by atoms with Gasteiger partial charge in [0.2, 0.25) is 11.8 Å². The summed E-state index contributed by atoms with van der Waals surface area (Å²) >= 11 is 0. The third-order valence-corrected chi connectivity index (χ3v) is 6.49. The number of nitrogens with one attached hydrogen (secondary N) is 2. The summed E-state index contributed by atoms with van der Waals surface area (Å²) in [6.45, 7) is 0.984. The molecule has 0 radical (unpaired) electrons. The quantitative estimate of drug-likeness (QED) is 0.329. The molecule has 2 amide bonds. The molecule has 0 aliphatic carbocycles. The Hall–Kier alpha value is -4.58. The number of hydrogen-bond acceptors (Lipinski definition) is 4. The first kappa shape index (κ1) is 25.1. The summed E-state index contributed by atoms with van der Waals surface area (Å²) in [5.74, 6) is 1.15. The first-order chi connectivity index (χ1) is 18.6. The Bertz CT molecular complexity index is 1230. The van der Waals surface area contributed by atoms with Crippen LogP contribution in [-0.4, -0.2) is 23.9 Å². The van der Waals surface area contributed by atoms with Gasteiger partial charge in [-0.15, -0.1) is 0 Å². The molecule has 6 heteroatoms. The fourth-order valence-electron chi connectivity index (χ4n) is 4.36. The van der Waals surface area contributed by atoms with Crippen LogP contribution in [0.3, 0.4) is 0 Å². The molecule has 0 unspecified atom stereocenters. The number of carbonyl (C=O) groups is 2. The zero-order valence-corrected chi connectivity index (χ0v) is 21.0. The molecule has 1 heterocycles. The van der Waals surface area contributed by atoms with E-state index in [-0.39, 0.29) is 11.8 Å². The van der Waals surface area contributed by atoms with Gasteiger partial charge in [-0.25, -0.2) is 0 Å². The van der Waals surface area contributed by atoms with Crippen LogP contribution in [0.1, 0.15) is 22.3 Å². The van der Waals surface area contributed by atoms with E-state index in [2.05, 4.69) is 10.6 Å². The van der Waals surface area contributed by atoms with Crippen LogP contribution in [0.15, 0.2) is 109 Å². The van der Waals surface area contributed by atoms with Crippen molar-refractivity contribution in [3.05, 3.63) is 131 Å². The van der Waals surface area contributed by atoms with E-state index < -0.39 is 12.1 Å². The fraction of sp³-hybridized carbons (Fsp3) is 0.188. The van der Waals surface area contributed by atoms with Crippen molar-refractivity contribution in [2.24, 2.45) is 0 Å². The summed E-state index contributed by atoms with van der Waals surface area (Å²) in [6.07, 6.45) is 0.827. The molecule has 6 nitrogen and oxygen atoms in total. The molecule has 0 bridgehead atoms. The Morgan fingerprint density at radius 3 is 1.21 bits per heavy atom. The summed E-state index contributed by atoms with van der Waals surface area (Å²) in [7, 11) is 0. The molecule has 0 saturated carbocycles. The number of benzene rings is 4. The van der Waals surface area contributed by atoms with Gasteiger partial charge in [0.25, 0.3) is 0 Å². The largest absolute Gasteiger partial charge is 0.489 e. The number of ether oxygens (including phenoxy) is 2. The van der Waals surface area contributed by atoms with Crippen molar-refractivity contribution in [3.63, 3.8) is 0 Å². The zero-order valence-electron chi connectivity index (χ0n) is 21.0. The number of rotatable bonds is 10. The molecule has 0 aromatic heterocycles. The topological polar surface area (TPSA) is 76.7 Å². The summed E-state index contributed by atoms with van der Waals surface area (Å²) in [5.41, 5.74) is 4.09. The van der Waals surface area contributed by atoms with E-state index in [1.165, 1.54) is 0 Å². The van der Waals surface area contributed by atoms with E-state index >= 15 is 0 Å². The second-order valence-corrected chi connectivity index (χ2v) is 9.37. The lowest BCUT2D eigenvalue weighted by Crippen LogP contribution is -2.62. The number of carbonyl (C=O) groups excluding carboxylic acids is 2. The highest BCUT2D eigenvalue weighted by molar-refractivity contribution is 5.97. The smallest absolute Gasteiger partial charge is 0.243 e. The molecule has 1 aliphatic heterocycles. The van der Waals surface area contributed by atoms with Crippen molar-refractivity contribution in [2.75, 3.05) is 0 Å². The summed E-state index contributed by atoms with van der Waals surface area (Å²) in [6, 6.07) is 34.0. The second-order valence-electron chi connectivity index (χ2n) is 9.37. The lowest BCUT2D eigenvalue weighted by atomic mass is 9.98. The van der Waals surface area contributed by atoms with Crippen LogP contribution >= 0.6 is 0 Å². The molecule has 4 aromatic carbocycles. The van der Waals surface area contributed by atoms with Crippen molar-refractivity contribution < 1.29 is 19.1 Å². The van der Waals surface area contributed by atoms with Gasteiger partial charge < -0.3 is 20.1 Å². The van der Waals surface area contributed by atoms with Gasteiger partial charge >= 0.3 is 0 Å². The molecule has 1 fully saturated rings. The minimum absolute atomic E-state index is 0.179. The highest BCUT2D eigenvalue weighted by Crippen LogP contribution is 2.18. The van der Waals surface area contributed by atoms with Crippen molar-refractivity contribution >= 4 is 11.8 Å². The molecule has 38 heavy (non-hydrogen) atoms. The highest BCUT2D eigenvalue weighted by Gasteiger charge is 2.33. The van der Waals surface area contributed by atoms with E-state index in [9.17, 15) is 9.59 Å². The fourth-order valence-corrected chi connectivity index (χ4v) is 4.36. The molecular formula is C32H30N2O4. The predicted molar refractivity (Wildman–Crippen MR) is 146 cm³/mol. The molecule has 1 saturated heterocycles. The number of hydrogen-bond donors (Lipinski definition) is 2. The summed E-state index contributed by atoms with van der Waals surface area (Å²) in [5, 5.41) is 5.78. The number of amides is 2. The van der Waals surface area contributed by atoms with Crippen LogP contribution in [0.25, 0.3) is 0 Å². The van der Waals surface area contributed by atoms with Gasteiger partial charge in [-0.1, -0.05) is 84.9 Å². The third kappa shape index (κ3) is 6.79. The maximum absolute atomic E-state index is 12.8. The normalized spacial score (nSPS) is 16.8. The first-order valence-corrected chi connectivity index (χ1v) is 12.7. The van der Waals surface area contributed by atoms with Gasteiger partial charge in [-0.3, -0.25) is 9.59 Å². The molecule has 0 spiro atoms. The maximum Gasteiger partial charge on any atom is 0.243 e. The summed E-state index contributed by atoms with van der Waals surface area (Å²) < 4.78 is 11.7. The van der Waals surface area contributed by atoms with Crippen LogP contribution in [0.2, 0.25) is 0 Å². The van der Waals surface area contributed by atoms with Gasteiger partial charge in [0.05, 0.1) is 0 Å². The molecule has 1 aliphatic rings. The molecule has 2 N–H and O–H groups in total. The van der Waals surface area contributed by atoms with E-state index in [0.29, 0.717) is 26.1 Å². The van der Waals surface area contributed by atoms with Crippen LogP contribution in [0.5, 0.6) is 11.5 Å². The van der Waals surface area contributed by atoms with Gasteiger partial charge in [0, 0.05) is 12.8 Å². The monoisotopic (exact) mass is 506 g/mol. The van der Waals surface area contributed by atoms with Crippen LogP contribution < -0.4 is 20.1 Å². The SMILES string of the molecule is O=C1N[C@H](Cc2ccc(OCc3ccccc3)cc2)C(=O)N[C@@H]1Cc1ccc(OCc2ccccc2)cc1. The van der Waals surface area contributed by atoms with E-state index in [1.54, 1.807) is 0 Å². The minimum atomic E-state index is -0.608. The predicted octanol–water partition coefficient (Wildman–Crippen LogP) is 4.61. The lowest BCUT2D eigenvalue weighted by Gasteiger charge is -2.29. The Balaban J connectivity index is 1.09. The molecule has 5 rings (SSSR count). The Kier molecular flexibility index (Phi) is 7.99. The molecule has 2 atom stereocenters. The Labute approximate surface area is 222 Å². The third-order valence-electron chi connectivity index (χ3n) is 6.49.